The second-order valence-electron chi connectivity index (χ2n) is 4.04. The molecule has 0 aliphatic carbocycles. The van der Waals surface area contributed by atoms with Gasteiger partial charge in [-0.3, -0.25) is 0 Å². The summed E-state index contributed by atoms with van der Waals surface area (Å²) in [7, 11) is 0. The van der Waals surface area contributed by atoms with Crippen molar-refractivity contribution in [1.29, 1.82) is 0 Å². The van der Waals surface area contributed by atoms with Gasteiger partial charge >= 0.3 is 6.18 Å². The van der Waals surface area contributed by atoms with Crippen LogP contribution in [0.5, 0.6) is 11.6 Å². The fourth-order valence-electron chi connectivity index (χ4n) is 1.56. The zero-order chi connectivity index (χ0) is 15.6. The Hall–Kier alpha value is -1.70. The van der Waals surface area contributed by atoms with E-state index in [-0.39, 0.29) is 11.6 Å². The molecule has 0 fully saturated rings. The van der Waals surface area contributed by atoms with Crippen LogP contribution in [-0.4, -0.2) is 9.97 Å². The molecule has 8 heteroatoms. The first-order valence-electron chi connectivity index (χ1n) is 5.87. The molecule has 0 saturated heterocycles. The lowest BCUT2D eigenvalue weighted by Gasteiger charge is -2.11. The van der Waals surface area contributed by atoms with Crippen LogP contribution in [0.3, 0.4) is 0 Å². The quantitative estimate of drug-likeness (QED) is 0.582. The van der Waals surface area contributed by atoms with Gasteiger partial charge in [0, 0.05) is 12.5 Å². The maximum atomic E-state index is 13.2. The van der Waals surface area contributed by atoms with E-state index in [1.54, 1.807) is 0 Å². The molecule has 1 aromatic heterocycles. The van der Waals surface area contributed by atoms with Crippen LogP contribution in [0.4, 0.5) is 17.6 Å². The number of hydrogen-bond donors (Lipinski definition) is 0. The van der Waals surface area contributed by atoms with Crippen molar-refractivity contribution in [3.05, 3.63) is 46.1 Å². The molecule has 2 rings (SSSR count). The van der Waals surface area contributed by atoms with Crippen molar-refractivity contribution in [2.45, 2.75) is 19.5 Å². The lowest BCUT2D eigenvalue weighted by atomic mass is 10.2. The molecule has 0 aliphatic heterocycles. The van der Waals surface area contributed by atoms with Gasteiger partial charge in [-0.15, -0.1) is 0 Å². The Kier molecular flexibility index (Phi) is 4.46. The van der Waals surface area contributed by atoms with Crippen LogP contribution in [0.25, 0.3) is 0 Å². The molecule has 2 aromatic rings. The summed E-state index contributed by atoms with van der Waals surface area (Å²) in [6, 6.07) is 3.81. The van der Waals surface area contributed by atoms with E-state index in [1.807, 2.05) is 6.92 Å². The average molecular weight is 365 g/mol. The number of ether oxygens (including phenoxy) is 1. The highest BCUT2D eigenvalue weighted by Gasteiger charge is 2.34. The molecule has 112 valence electrons. The van der Waals surface area contributed by atoms with E-state index >= 15 is 0 Å². The molecule has 3 nitrogen and oxygen atoms in total. The minimum absolute atomic E-state index is 0.0773. The van der Waals surface area contributed by atoms with Gasteiger partial charge in [-0.2, -0.15) is 18.2 Å². The zero-order valence-corrected chi connectivity index (χ0v) is 12.3. The summed E-state index contributed by atoms with van der Waals surface area (Å²) >= 11 is 3.15. The first-order valence-corrected chi connectivity index (χ1v) is 6.67. The van der Waals surface area contributed by atoms with Crippen molar-refractivity contribution in [2.24, 2.45) is 0 Å². The molecule has 0 aliphatic rings. The third-order valence-electron chi connectivity index (χ3n) is 2.50. The smallest absolute Gasteiger partial charge is 0.419 e. The number of halogens is 5. The molecule has 0 saturated carbocycles. The van der Waals surface area contributed by atoms with E-state index < -0.39 is 17.6 Å². The fourth-order valence-corrected chi connectivity index (χ4v) is 1.96. The molecule has 1 aromatic carbocycles. The lowest BCUT2D eigenvalue weighted by Crippen LogP contribution is -2.08. The molecular weight excluding hydrogens is 356 g/mol. The summed E-state index contributed by atoms with van der Waals surface area (Å²) in [4.78, 5) is 8.07. The lowest BCUT2D eigenvalue weighted by molar-refractivity contribution is -0.140. The van der Waals surface area contributed by atoms with Crippen LogP contribution >= 0.6 is 15.9 Å². The van der Waals surface area contributed by atoms with Gasteiger partial charge in [0.05, 0.1) is 5.56 Å². The number of aromatic nitrogens is 2. The van der Waals surface area contributed by atoms with Gasteiger partial charge in [0.15, 0.2) is 0 Å². The SMILES string of the molecule is CCc1nc(Br)cc(Oc2ccc(F)c(C(F)(F)F)c2)n1. The molecule has 0 bridgehead atoms. The Balaban J connectivity index is 2.34. The first kappa shape index (κ1) is 15.7. The summed E-state index contributed by atoms with van der Waals surface area (Å²) in [5.41, 5.74) is -1.39. The molecule has 21 heavy (non-hydrogen) atoms. The van der Waals surface area contributed by atoms with E-state index in [9.17, 15) is 17.6 Å². The Morgan fingerprint density at radius 1 is 1.19 bits per heavy atom. The molecule has 0 amide bonds. The highest BCUT2D eigenvalue weighted by Crippen LogP contribution is 2.34. The van der Waals surface area contributed by atoms with E-state index in [4.69, 9.17) is 4.74 Å². The van der Waals surface area contributed by atoms with Gasteiger partial charge in [0.1, 0.15) is 22.0 Å². The summed E-state index contributed by atoms with van der Waals surface area (Å²) in [5, 5.41) is 0. The van der Waals surface area contributed by atoms with Crippen LogP contribution in [0.1, 0.15) is 18.3 Å². The van der Waals surface area contributed by atoms with Crippen molar-refractivity contribution in [2.75, 3.05) is 0 Å². The van der Waals surface area contributed by atoms with Gasteiger partial charge in [-0.25, -0.2) is 9.37 Å². The molecule has 0 unspecified atom stereocenters. The topological polar surface area (TPSA) is 35.0 Å². The molecule has 0 spiro atoms. The predicted molar refractivity (Wildman–Crippen MR) is 70.6 cm³/mol. The van der Waals surface area contributed by atoms with Crippen molar-refractivity contribution in [3.63, 3.8) is 0 Å². The van der Waals surface area contributed by atoms with Crippen molar-refractivity contribution < 1.29 is 22.3 Å². The monoisotopic (exact) mass is 364 g/mol. The predicted octanol–water partition coefficient (Wildman–Crippen LogP) is 4.75. The Labute approximate surface area is 126 Å². The normalized spacial score (nSPS) is 11.5. The van der Waals surface area contributed by atoms with Crippen LogP contribution < -0.4 is 4.74 Å². The van der Waals surface area contributed by atoms with Crippen LogP contribution in [-0.2, 0) is 12.6 Å². The number of hydrogen-bond acceptors (Lipinski definition) is 3. The van der Waals surface area contributed by atoms with Crippen LogP contribution in [0, 0.1) is 5.82 Å². The third kappa shape index (κ3) is 3.90. The number of nitrogens with zero attached hydrogens (tertiary/aromatic N) is 2. The van der Waals surface area contributed by atoms with E-state index in [2.05, 4.69) is 25.9 Å². The van der Waals surface area contributed by atoms with E-state index in [0.29, 0.717) is 29.0 Å². The number of rotatable bonds is 3. The zero-order valence-electron chi connectivity index (χ0n) is 10.7. The highest BCUT2D eigenvalue weighted by atomic mass is 79.9. The van der Waals surface area contributed by atoms with Crippen molar-refractivity contribution in [1.82, 2.24) is 9.97 Å². The second kappa shape index (κ2) is 5.97. The summed E-state index contributed by atoms with van der Waals surface area (Å²) < 4.78 is 56.7. The number of benzene rings is 1. The summed E-state index contributed by atoms with van der Waals surface area (Å²) in [5.74, 6) is -0.963. The van der Waals surface area contributed by atoms with E-state index in [0.717, 1.165) is 6.07 Å². The maximum absolute atomic E-state index is 13.2. The van der Waals surface area contributed by atoms with Gasteiger partial charge in [-0.05, 0) is 34.1 Å². The molecule has 0 N–H and O–H groups in total. The fraction of sp³-hybridized carbons (Fsp3) is 0.231. The summed E-state index contributed by atoms with van der Waals surface area (Å²) in [6.45, 7) is 1.82. The van der Waals surface area contributed by atoms with Crippen molar-refractivity contribution >= 4 is 15.9 Å². The van der Waals surface area contributed by atoms with Gasteiger partial charge in [0.25, 0.3) is 0 Å². The Bertz CT molecular complexity index is 661. The minimum atomic E-state index is -4.79. The molecule has 1 heterocycles. The van der Waals surface area contributed by atoms with Crippen LogP contribution in [0.2, 0.25) is 0 Å². The average Bonchev–Trinajstić information content (AvgIpc) is 2.39. The highest BCUT2D eigenvalue weighted by molar-refractivity contribution is 9.10. The maximum Gasteiger partial charge on any atom is 0.419 e. The summed E-state index contributed by atoms with van der Waals surface area (Å²) in [6.07, 6.45) is -4.25. The Morgan fingerprint density at radius 2 is 1.90 bits per heavy atom. The third-order valence-corrected chi connectivity index (χ3v) is 2.91. The standard InChI is InChI=1S/C13H9BrF4N2O/c1-2-11-19-10(14)6-12(20-11)21-7-3-4-9(15)8(5-7)13(16,17)18/h3-6H,2H2,1H3. The minimum Gasteiger partial charge on any atom is -0.439 e. The number of alkyl halides is 3. The van der Waals surface area contributed by atoms with Gasteiger partial charge in [-0.1, -0.05) is 6.92 Å². The molecular formula is C13H9BrF4N2O. The second-order valence-corrected chi connectivity index (χ2v) is 4.85. The number of aryl methyl sites for hydroxylation is 1. The van der Waals surface area contributed by atoms with Crippen molar-refractivity contribution in [3.8, 4) is 11.6 Å². The Morgan fingerprint density at radius 3 is 2.52 bits per heavy atom. The van der Waals surface area contributed by atoms with Gasteiger partial charge < -0.3 is 4.74 Å². The first-order chi connectivity index (χ1) is 9.79. The van der Waals surface area contributed by atoms with Crippen LogP contribution in [0.15, 0.2) is 28.9 Å². The molecule has 0 radical (unpaired) electrons. The molecule has 0 atom stereocenters. The largest absolute Gasteiger partial charge is 0.439 e. The van der Waals surface area contributed by atoms with Gasteiger partial charge in [0.2, 0.25) is 5.88 Å². The van der Waals surface area contributed by atoms with E-state index in [1.165, 1.54) is 6.07 Å².